The van der Waals surface area contributed by atoms with E-state index in [2.05, 4.69) is 63.2 Å². The number of rotatable bonds is 8. The fourth-order valence-electron chi connectivity index (χ4n) is 3.77. The van der Waals surface area contributed by atoms with Gasteiger partial charge in [-0.1, -0.05) is 48.0 Å². The van der Waals surface area contributed by atoms with Crippen LogP contribution in [0.15, 0.2) is 53.7 Å². The van der Waals surface area contributed by atoms with Gasteiger partial charge in [-0.2, -0.15) is 0 Å². The van der Waals surface area contributed by atoms with Crippen molar-refractivity contribution in [3.63, 3.8) is 0 Å². The summed E-state index contributed by atoms with van der Waals surface area (Å²) in [6, 6.07) is 14.6. The second-order valence-corrected chi connectivity index (χ2v) is 8.15. The normalized spacial score (nSPS) is 17.4. The molecule has 0 saturated carbocycles. The summed E-state index contributed by atoms with van der Waals surface area (Å²) in [5.74, 6) is 0.803. The molecule has 162 valence electrons. The first-order valence-electron chi connectivity index (χ1n) is 10.6. The van der Waals surface area contributed by atoms with Crippen LogP contribution in [0.1, 0.15) is 36.9 Å². The van der Waals surface area contributed by atoms with Crippen molar-refractivity contribution in [2.75, 3.05) is 33.4 Å². The highest BCUT2D eigenvalue weighted by Gasteiger charge is 2.34. The number of ether oxygens (including phenoxy) is 1. The van der Waals surface area contributed by atoms with Crippen LogP contribution in [0.5, 0.6) is 0 Å². The van der Waals surface area contributed by atoms with Crippen molar-refractivity contribution in [2.45, 2.75) is 37.8 Å². The maximum atomic E-state index is 5.85. The van der Waals surface area contributed by atoms with E-state index < -0.39 is 0 Å². The molecule has 1 fully saturated rings. The van der Waals surface area contributed by atoms with Crippen molar-refractivity contribution >= 4 is 17.6 Å². The summed E-state index contributed by atoms with van der Waals surface area (Å²) < 4.78 is 5.64. The van der Waals surface area contributed by atoms with Crippen LogP contribution in [-0.4, -0.2) is 49.8 Å². The first-order valence-corrected chi connectivity index (χ1v) is 10.9. The standard InChI is InChI=1S/C23H32ClN5O/c1-18(20-6-4-3-5-7-20)29-23(11-14-30-15-12-23)17-28-22(25-2)26-13-10-19-8-9-21(24)27-16-19/h3-9,16,18,29H,10-15,17H2,1-2H3,(H2,25,26,28). The zero-order chi connectivity index (χ0) is 21.2. The number of hydrogen-bond donors (Lipinski definition) is 3. The molecular weight excluding hydrogens is 398 g/mol. The molecule has 1 aliphatic heterocycles. The molecular formula is C23H32ClN5O. The topological polar surface area (TPSA) is 70.6 Å². The fraction of sp³-hybridized carbons (Fsp3) is 0.478. The van der Waals surface area contributed by atoms with Gasteiger partial charge in [0.05, 0.1) is 0 Å². The van der Waals surface area contributed by atoms with Crippen molar-refractivity contribution in [1.82, 2.24) is 20.9 Å². The molecule has 2 aromatic rings. The number of benzene rings is 1. The van der Waals surface area contributed by atoms with Gasteiger partial charge in [0, 0.05) is 51.1 Å². The van der Waals surface area contributed by atoms with Gasteiger partial charge in [-0.25, -0.2) is 4.98 Å². The van der Waals surface area contributed by atoms with Gasteiger partial charge in [0.25, 0.3) is 0 Å². The third-order valence-corrected chi connectivity index (χ3v) is 5.81. The number of aliphatic imine (C=N–C) groups is 1. The number of nitrogens with zero attached hydrogens (tertiary/aromatic N) is 2. The summed E-state index contributed by atoms with van der Waals surface area (Å²) >= 11 is 5.85. The molecule has 1 unspecified atom stereocenters. The molecule has 0 aliphatic carbocycles. The van der Waals surface area contributed by atoms with E-state index >= 15 is 0 Å². The quantitative estimate of drug-likeness (QED) is 0.341. The van der Waals surface area contributed by atoms with Gasteiger partial charge >= 0.3 is 0 Å². The summed E-state index contributed by atoms with van der Waals surface area (Å²) in [5, 5.41) is 11.3. The Bertz CT molecular complexity index is 791. The molecule has 2 heterocycles. The monoisotopic (exact) mass is 429 g/mol. The maximum absolute atomic E-state index is 5.85. The lowest BCUT2D eigenvalue weighted by molar-refractivity contribution is 0.0355. The zero-order valence-corrected chi connectivity index (χ0v) is 18.6. The van der Waals surface area contributed by atoms with Crippen molar-refractivity contribution < 1.29 is 4.74 Å². The van der Waals surface area contributed by atoms with Crippen LogP contribution >= 0.6 is 11.6 Å². The van der Waals surface area contributed by atoms with Crippen LogP contribution in [0.2, 0.25) is 5.15 Å². The average molecular weight is 430 g/mol. The van der Waals surface area contributed by atoms with Crippen molar-refractivity contribution in [2.24, 2.45) is 4.99 Å². The van der Waals surface area contributed by atoms with E-state index in [1.165, 1.54) is 5.56 Å². The molecule has 30 heavy (non-hydrogen) atoms. The van der Waals surface area contributed by atoms with Gasteiger partial charge in [0.1, 0.15) is 5.15 Å². The number of guanidine groups is 1. The largest absolute Gasteiger partial charge is 0.381 e. The molecule has 0 amide bonds. The lowest BCUT2D eigenvalue weighted by Gasteiger charge is -2.41. The molecule has 1 atom stereocenters. The van der Waals surface area contributed by atoms with E-state index in [1.54, 1.807) is 7.05 Å². The minimum Gasteiger partial charge on any atom is -0.381 e. The Morgan fingerprint density at radius 2 is 1.93 bits per heavy atom. The Balaban J connectivity index is 1.54. The predicted octanol–water partition coefficient (Wildman–Crippen LogP) is 3.34. The summed E-state index contributed by atoms with van der Waals surface area (Å²) in [4.78, 5) is 8.51. The smallest absolute Gasteiger partial charge is 0.191 e. The van der Waals surface area contributed by atoms with E-state index in [4.69, 9.17) is 16.3 Å². The van der Waals surface area contributed by atoms with E-state index in [0.717, 1.165) is 57.1 Å². The molecule has 6 nitrogen and oxygen atoms in total. The highest BCUT2D eigenvalue weighted by atomic mass is 35.5. The Labute approximate surface area is 184 Å². The van der Waals surface area contributed by atoms with Gasteiger partial charge < -0.3 is 20.7 Å². The van der Waals surface area contributed by atoms with Crippen LogP contribution in [0.4, 0.5) is 0 Å². The third kappa shape index (κ3) is 6.69. The van der Waals surface area contributed by atoms with Crippen LogP contribution in [-0.2, 0) is 11.2 Å². The maximum Gasteiger partial charge on any atom is 0.191 e. The van der Waals surface area contributed by atoms with Crippen molar-refractivity contribution in [1.29, 1.82) is 0 Å². The van der Waals surface area contributed by atoms with Gasteiger partial charge in [-0.3, -0.25) is 4.99 Å². The van der Waals surface area contributed by atoms with Crippen LogP contribution in [0.3, 0.4) is 0 Å². The number of halogens is 1. The number of pyridine rings is 1. The second-order valence-electron chi connectivity index (χ2n) is 7.76. The second kappa shape index (κ2) is 11.3. The number of aromatic nitrogens is 1. The highest BCUT2D eigenvalue weighted by molar-refractivity contribution is 6.29. The Morgan fingerprint density at radius 3 is 2.60 bits per heavy atom. The lowest BCUT2D eigenvalue weighted by atomic mass is 9.88. The molecule has 0 radical (unpaired) electrons. The van der Waals surface area contributed by atoms with E-state index in [9.17, 15) is 0 Å². The predicted molar refractivity (Wildman–Crippen MR) is 123 cm³/mol. The molecule has 1 saturated heterocycles. The first kappa shape index (κ1) is 22.5. The van der Waals surface area contributed by atoms with Gasteiger partial charge in [0.15, 0.2) is 5.96 Å². The van der Waals surface area contributed by atoms with Gasteiger partial charge in [-0.15, -0.1) is 0 Å². The SMILES string of the molecule is CN=C(NCCc1ccc(Cl)nc1)NCC1(NC(C)c2ccccc2)CCOCC1. The first-order chi connectivity index (χ1) is 14.6. The highest BCUT2D eigenvalue weighted by Crippen LogP contribution is 2.25. The van der Waals surface area contributed by atoms with Crippen molar-refractivity contribution in [3.8, 4) is 0 Å². The Hall–Kier alpha value is -2.15. The molecule has 1 aromatic heterocycles. The minimum absolute atomic E-state index is 0.0365. The van der Waals surface area contributed by atoms with E-state index in [0.29, 0.717) is 5.15 Å². The Kier molecular flexibility index (Phi) is 8.49. The van der Waals surface area contributed by atoms with Crippen LogP contribution in [0, 0.1) is 0 Å². The zero-order valence-electron chi connectivity index (χ0n) is 17.8. The van der Waals surface area contributed by atoms with Gasteiger partial charge in [0.2, 0.25) is 0 Å². The summed E-state index contributed by atoms with van der Waals surface area (Å²) in [5.41, 5.74) is 2.40. The third-order valence-electron chi connectivity index (χ3n) is 5.58. The molecule has 1 aromatic carbocycles. The number of nitrogens with one attached hydrogen (secondary N) is 3. The molecule has 3 N–H and O–H groups in total. The van der Waals surface area contributed by atoms with Crippen molar-refractivity contribution in [3.05, 3.63) is 64.9 Å². The van der Waals surface area contributed by atoms with Gasteiger partial charge in [-0.05, 0) is 43.4 Å². The molecule has 0 spiro atoms. The van der Waals surface area contributed by atoms with Crippen LogP contribution < -0.4 is 16.0 Å². The van der Waals surface area contributed by atoms with Crippen LogP contribution in [0.25, 0.3) is 0 Å². The molecule has 0 bridgehead atoms. The lowest BCUT2D eigenvalue weighted by Crippen LogP contribution is -2.58. The molecule has 1 aliphatic rings. The number of hydrogen-bond acceptors (Lipinski definition) is 4. The fourth-order valence-corrected chi connectivity index (χ4v) is 3.88. The summed E-state index contributed by atoms with van der Waals surface area (Å²) in [6.45, 7) is 5.32. The Morgan fingerprint density at radius 1 is 1.17 bits per heavy atom. The summed E-state index contributed by atoms with van der Waals surface area (Å²) in [6.07, 6.45) is 4.59. The van der Waals surface area contributed by atoms with E-state index in [1.807, 2.05) is 18.3 Å². The molecule has 3 rings (SSSR count). The minimum atomic E-state index is -0.0365. The average Bonchev–Trinajstić information content (AvgIpc) is 2.78. The summed E-state index contributed by atoms with van der Waals surface area (Å²) in [7, 11) is 1.80. The van der Waals surface area contributed by atoms with E-state index in [-0.39, 0.29) is 11.6 Å². The molecule has 7 heteroatoms.